The number of carbonyl (C=O) groups is 2. The van der Waals surface area contributed by atoms with E-state index in [0.29, 0.717) is 49.7 Å². The van der Waals surface area contributed by atoms with E-state index >= 15 is 0 Å². The summed E-state index contributed by atoms with van der Waals surface area (Å²) in [6.45, 7) is 6.84. The van der Waals surface area contributed by atoms with E-state index in [0.717, 1.165) is 0 Å². The number of anilines is 1. The quantitative estimate of drug-likeness (QED) is 0.852. The molecule has 2 N–H and O–H groups in total. The molecule has 1 aromatic rings. The molecule has 0 bridgehead atoms. The van der Waals surface area contributed by atoms with Crippen molar-refractivity contribution in [3.05, 3.63) is 11.5 Å². The lowest BCUT2D eigenvalue weighted by Gasteiger charge is -2.35. The van der Waals surface area contributed by atoms with Crippen molar-refractivity contribution in [1.29, 1.82) is 0 Å². The third kappa shape index (κ3) is 3.38. The van der Waals surface area contributed by atoms with Crippen LogP contribution in [0.5, 0.6) is 0 Å². The normalized spacial score (nSPS) is 16.5. The molecule has 0 radical (unpaired) electrons. The van der Waals surface area contributed by atoms with Gasteiger partial charge in [0.1, 0.15) is 17.5 Å². The van der Waals surface area contributed by atoms with Crippen LogP contribution in [0.2, 0.25) is 0 Å². The Labute approximate surface area is 129 Å². The minimum absolute atomic E-state index is 0.231. The van der Waals surface area contributed by atoms with E-state index in [1.54, 1.807) is 16.7 Å². The molecule has 0 aromatic carbocycles. The predicted molar refractivity (Wildman–Crippen MR) is 79.5 cm³/mol. The Kier molecular flexibility index (Phi) is 5.02. The van der Waals surface area contributed by atoms with E-state index in [1.165, 1.54) is 6.92 Å². The van der Waals surface area contributed by atoms with Crippen molar-refractivity contribution < 1.29 is 19.2 Å². The van der Waals surface area contributed by atoms with Gasteiger partial charge in [-0.1, -0.05) is 12.1 Å². The number of hydrogen-bond acceptors (Lipinski definition) is 5. The van der Waals surface area contributed by atoms with Gasteiger partial charge in [-0.05, 0) is 13.8 Å². The fraction of sp³-hybridized carbons (Fsp3) is 0.643. The van der Waals surface area contributed by atoms with Gasteiger partial charge in [0.05, 0.1) is 0 Å². The number of hydrogen-bond donors (Lipinski definition) is 2. The number of carbonyl (C=O) groups excluding carboxylic acids is 2. The van der Waals surface area contributed by atoms with Crippen LogP contribution in [0, 0.1) is 6.92 Å². The monoisotopic (exact) mass is 310 g/mol. The zero-order valence-corrected chi connectivity index (χ0v) is 13.1. The molecule has 1 unspecified atom stereocenters. The minimum Gasteiger partial charge on any atom is -0.384 e. The van der Waals surface area contributed by atoms with E-state index in [2.05, 4.69) is 10.5 Å². The van der Waals surface area contributed by atoms with Crippen molar-refractivity contribution in [2.24, 2.45) is 0 Å². The number of aromatic nitrogens is 1. The molecular weight excluding hydrogens is 288 g/mol. The van der Waals surface area contributed by atoms with Gasteiger partial charge < -0.3 is 24.7 Å². The standard InChI is InChI=1S/C14H22N4O4/c1-4-11-12(9(2)16-22-11)15-14(21)18-7-5-17(6-8-18)13(20)10(3)19/h10,19H,4-8H2,1-3H3,(H,15,21). The molecule has 22 heavy (non-hydrogen) atoms. The Hall–Kier alpha value is -2.09. The van der Waals surface area contributed by atoms with Crippen molar-refractivity contribution in [3.63, 3.8) is 0 Å². The highest BCUT2D eigenvalue weighted by Gasteiger charge is 2.27. The van der Waals surface area contributed by atoms with Gasteiger partial charge in [-0.3, -0.25) is 4.79 Å². The van der Waals surface area contributed by atoms with Crippen LogP contribution in [-0.4, -0.2) is 64.3 Å². The Balaban J connectivity index is 1.93. The molecule has 0 spiro atoms. The van der Waals surface area contributed by atoms with Crippen molar-refractivity contribution in [2.75, 3.05) is 31.5 Å². The number of nitrogens with zero attached hydrogens (tertiary/aromatic N) is 3. The van der Waals surface area contributed by atoms with Crippen molar-refractivity contribution in [3.8, 4) is 0 Å². The Morgan fingerprint density at radius 2 is 1.91 bits per heavy atom. The molecule has 8 nitrogen and oxygen atoms in total. The molecule has 8 heteroatoms. The highest BCUT2D eigenvalue weighted by atomic mass is 16.5. The third-order valence-corrected chi connectivity index (χ3v) is 3.72. The van der Waals surface area contributed by atoms with Crippen LogP contribution >= 0.6 is 0 Å². The fourth-order valence-corrected chi connectivity index (χ4v) is 2.40. The Bertz CT molecular complexity index is 547. The van der Waals surface area contributed by atoms with Crippen LogP contribution in [-0.2, 0) is 11.2 Å². The van der Waals surface area contributed by atoms with Crippen LogP contribution < -0.4 is 5.32 Å². The number of nitrogens with one attached hydrogen (secondary N) is 1. The smallest absolute Gasteiger partial charge is 0.322 e. The molecule has 1 aliphatic rings. The highest BCUT2D eigenvalue weighted by Crippen LogP contribution is 2.21. The van der Waals surface area contributed by atoms with E-state index in [4.69, 9.17) is 4.52 Å². The Morgan fingerprint density at radius 3 is 2.45 bits per heavy atom. The molecule has 1 saturated heterocycles. The summed E-state index contributed by atoms with van der Waals surface area (Å²) in [5.74, 6) is 0.344. The van der Waals surface area contributed by atoms with Gasteiger partial charge >= 0.3 is 6.03 Å². The average molecular weight is 310 g/mol. The van der Waals surface area contributed by atoms with Gasteiger partial charge in [0, 0.05) is 32.6 Å². The summed E-state index contributed by atoms with van der Waals surface area (Å²) in [5.41, 5.74) is 1.27. The summed E-state index contributed by atoms with van der Waals surface area (Å²) in [5, 5.41) is 16.0. The van der Waals surface area contributed by atoms with Crippen LogP contribution in [0.4, 0.5) is 10.5 Å². The van der Waals surface area contributed by atoms with Gasteiger partial charge in [0.25, 0.3) is 5.91 Å². The van der Waals surface area contributed by atoms with Gasteiger partial charge in [0.2, 0.25) is 0 Å². The van der Waals surface area contributed by atoms with Gasteiger partial charge in [-0.2, -0.15) is 0 Å². The molecule has 122 valence electrons. The van der Waals surface area contributed by atoms with Crippen LogP contribution in [0.1, 0.15) is 25.3 Å². The minimum atomic E-state index is -1.01. The maximum Gasteiger partial charge on any atom is 0.322 e. The topological polar surface area (TPSA) is 98.9 Å². The van der Waals surface area contributed by atoms with Gasteiger partial charge in [-0.15, -0.1) is 0 Å². The number of rotatable bonds is 3. The molecule has 1 atom stereocenters. The van der Waals surface area contributed by atoms with Crippen molar-refractivity contribution >= 4 is 17.6 Å². The number of amides is 3. The fourth-order valence-electron chi connectivity index (χ4n) is 2.40. The molecule has 2 heterocycles. The first-order valence-corrected chi connectivity index (χ1v) is 7.42. The number of urea groups is 1. The van der Waals surface area contributed by atoms with Crippen molar-refractivity contribution in [1.82, 2.24) is 15.0 Å². The first-order valence-electron chi connectivity index (χ1n) is 7.42. The summed E-state index contributed by atoms with van der Waals surface area (Å²) < 4.78 is 5.14. The molecule has 3 amide bonds. The predicted octanol–water partition coefficient (Wildman–Crippen LogP) is 0.602. The average Bonchev–Trinajstić information content (AvgIpc) is 2.87. The van der Waals surface area contributed by atoms with Crippen molar-refractivity contribution in [2.45, 2.75) is 33.3 Å². The van der Waals surface area contributed by atoms with Crippen LogP contribution in [0.15, 0.2) is 4.52 Å². The SMILES string of the molecule is CCc1onc(C)c1NC(=O)N1CCN(C(=O)C(C)O)CC1. The summed E-state index contributed by atoms with van der Waals surface area (Å²) in [6.07, 6.45) is -0.361. The second kappa shape index (κ2) is 6.78. The van der Waals surface area contributed by atoms with E-state index < -0.39 is 6.10 Å². The number of aryl methyl sites for hydroxylation is 2. The van der Waals surface area contributed by atoms with E-state index in [-0.39, 0.29) is 11.9 Å². The van der Waals surface area contributed by atoms with Crippen LogP contribution in [0.25, 0.3) is 0 Å². The third-order valence-electron chi connectivity index (χ3n) is 3.72. The zero-order valence-electron chi connectivity index (χ0n) is 13.1. The maximum atomic E-state index is 12.3. The summed E-state index contributed by atoms with van der Waals surface area (Å²) in [7, 11) is 0. The van der Waals surface area contributed by atoms with Crippen LogP contribution in [0.3, 0.4) is 0 Å². The lowest BCUT2D eigenvalue weighted by atomic mass is 10.2. The molecule has 2 rings (SSSR count). The molecule has 1 aromatic heterocycles. The van der Waals surface area contributed by atoms with E-state index in [9.17, 15) is 14.7 Å². The lowest BCUT2D eigenvalue weighted by molar-refractivity contribution is -0.140. The lowest BCUT2D eigenvalue weighted by Crippen LogP contribution is -2.53. The van der Waals surface area contributed by atoms with E-state index in [1.807, 2.05) is 6.92 Å². The number of piperazine rings is 1. The summed E-state index contributed by atoms with van der Waals surface area (Å²) >= 11 is 0. The molecule has 0 aliphatic carbocycles. The highest BCUT2D eigenvalue weighted by molar-refractivity contribution is 5.90. The molecule has 1 fully saturated rings. The summed E-state index contributed by atoms with van der Waals surface area (Å²) in [4.78, 5) is 27.2. The second-order valence-electron chi connectivity index (χ2n) is 5.34. The first-order chi connectivity index (χ1) is 10.4. The largest absolute Gasteiger partial charge is 0.384 e. The second-order valence-corrected chi connectivity index (χ2v) is 5.34. The molecular formula is C14H22N4O4. The maximum absolute atomic E-state index is 12.3. The van der Waals surface area contributed by atoms with Gasteiger partial charge in [0.15, 0.2) is 5.76 Å². The zero-order chi connectivity index (χ0) is 16.3. The summed E-state index contributed by atoms with van der Waals surface area (Å²) in [6, 6.07) is -0.231. The first kappa shape index (κ1) is 16.3. The number of aliphatic hydroxyl groups excluding tert-OH is 1. The number of aliphatic hydroxyl groups is 1. The van der Waals surface area contributed by atoms with Gasteiger partial charge in [-0.25, -0.2) is 4.79 Å². The molecule has 0 saturated carbocycles. The molecule has 1 aliphatic heterocycles. The Morgan fingerprint density at radius 1 is 1.32 bits per heavy atom.